The van der Waals surface area contributed by atoms with Crippen molar-refractivity contribution in [3.8, 4) is 0 Å². The molecule has 2 heterocycles. The van der Waals surface area contributed by atoms with Gasteiger partial charge in [-0.05, 0) is 18.1 Å². The van der Waals surface area contributed by atoms with Crippen LogP contribution in [0.25, 0.3) is 0 Å². The van der Waals surface area contributed by atoms with Gasteiger partial charge in [0.1, 0.15) is 0 Å². The topological polar surface area (TPSA) is 119 Å². The molecule has 0 aliphatic carbocycles. The second kappa shape index (κ2) is 7.75. The number of carbonyl (C=O) groups excluding carboxylic acids is 2. The number of methoxy groups -OCH3 is 1. The number of esters is 1. The highest BCUT2D eigenvalue weighted by Gasteiger charge is 2.34. The van der Waals surface area contributed by atoms with Crippen LogP contribution in [0.4, 0.5) is 9.93 Å². The van der Waals surface area contributed by atoms with Gasteiger partial charge in [-0.2, -0.15) is 0 Å². The molecule has 1 aliphatic rings. The highest BCUT2D eigenvalue weighted by Crippen LogP contribution is 2.32. The second-order valence-electron chi connectivity index (χ2n) is 5.47. The number of aromatic nitrogens is 2. The Balaban J connectivity index is 1.98. The summed E-state index contributed by atoms with van der Waals surface area (Å²) >= 11 is 2.58. The fourth-order valence-electron chi connectivity index (χ4n) is 2.64. The lowest BCUT2D eigenvalue weighted by Crippen LogP contribution is -2.46. The molecule has 2 amide bonds. The van der Waals surface area contributed by atoms with Crippen LogP contribution in [-0.2, 0) is 9.53 Å². The second-order valence-corrected chi connectivity index (χ2v) is 7.70. The zero-order valence-electron chi connectivity index (χ0n) is 14.1. The zero-order valence-corrected chi connectivity index (χ0v) is 15.7. The molecule has 4 N–H and O–H groups in total. The number of ether oxygens (including phenoxy) is 1. The van der Waals surface area contributed by atoms with Crippen molar-refractivity contribution in [2.75, 3.05) is 18.6 Å². The molecule has 136 valence electrons. The average Bonchev–Trinajstić information content (AvgIpc) is 3.04. The van der Waals surface area contributed by atoms with Crippen LogP contribution in [0.5, 0.6) is 0 Å². The smallest absolute Gasteiger partial charge is 0.338 e. The summed E-state index contributed by atoms with van der Waals surface area (Å²) in [7, 11) is 1.32. The monoisotopic (exact) mass is 391 g/mol. The molecule has 1 aromatic heterocycles. The Kier molecular flexibility index (Phi) is 5.43. The molecular formula is C16H17N5O3S2. The number of aryl methyl sites for hydroxylation is 1. The lowest BCUT2D eigenvalue weighted by molar-refractivity contribution is -0.136. The summed E-state index contributed by atoms with van der Waals surface area (Å²) in [6.45, 7) is 1.93. The standard InChI is InChI=1S/C16H17N5O3S2/c1-8-5-3-4-6-9(8)12-11(13(22)24-2)10(18-15(23)19-12)7-25-16-21-20-14(17)26-16/h3-6,12H,7H2,1-2H3,(H2,17,20)(H2,18,19,23)/t12-/m1/s1. The van der Waals surface area contributed by atoms with Gasteiger partial charge < -0.3 is 21.1 Å². The lowest BCUT2D eigenvalue weighted by Gasteiger charge is -2.29. The first-order chi connectivity index (χ1) is 12.5. The Morgan fingerprint density at radius 3 is 2.81 bits per heavy atom. The number of carbonyl (C=O) groups is 2. The third-order valence-corrected chi connectivity index (χ3v) is 5.73. The first-order valence-corrected chi connectivity index (χ1v) is 9.46. The highest BCUT2D eigenvalue weighted by atomic mass is 32.2. The third kappa shape index (κ3) is 3.81. The van der Waals surface area contributed by atoms with Crippen LogP contribution >= 0.6 is 23.1 Å². The van der Waals surface area contributed by atoms with Crippen molar-refractivity contribution in [2.45, 2.75) is 17.3 Å². The van der Waals surface area contributed by atoms with Crippen molar-refractivity contribution >= 4 is 40.2 Å². The number of rotatable bonds is 5. The number of thioether (sulfide) groups is 1. The molecule has 0 radical (unpaired) electrons. The number of hydrogen-bond acceptors (Lipinski definition) is 8. The highest BCUT2D eigenvalue weighted by molar-refractivity contribution is 8.01. The number of benzene rings is 1. The third-order valence-electron chi connectivity index (χ3n) is 3.82. The SMILES string of the molecule is COC(=O)C1=C(CSc2nnc(N)s2)NC(=O)N[C@@H]1c1ccccc1C. The maximum Gasteiger partial charge on any atom is 0.338 e. The molecule has 8 nitrogen and oxygen atoms in total. The van der Waals surface area contributed by atoms with E-state index in [1.54, 1.807) is 0 Å². The van der Waals surface area contributed by atoms with E-state index in [2.05, 4.69) is 20.8 Å². The summed E-state index contributed by atoms with van der Waals surface area (Å²) in [5.41, 5.74) is 8.23. The first-order valence-electron chi connectivity index (χ1n) is 7.65. The van der Waals surface area contributed by atoms with Crippen molar-refractivity contribution in [1.82, 2.24) is 20.8 Å². The number of nitrogens with zero attached hydrogens (tertiary/aromatic N) is 2. The van der Waals surface area contributed by atoms with Gasteiger partial charge in [0.05, 0.1) is 18.7 Å². The Labute approximate surface area is 158 Å². The van der Waals surface area contributed by atoms with Crippen molar-refractivity contribution < 1.29 is 14.3 Å². The quantitative estimate of drug-likeness (QED) is 0.527. The van der Waals surface area contributed by atoms with Gasteiger partial charge in [-0.1, -0.05) is 47.4 Å². The van der Waals surface area contributed by atoms with E-state index in [1.807, 2.05) is 31.2 Å². The number of hydrogen-bond donors (Lipinski definition) is 3. The predicted octanol–water partition coefficient (Wildman–Crippen LogP) is 2.00. The van der Waals surface area contributed by atoms with E-state index in [4.69, 9.17) is 10.5 Å². The van der Waals surface area contributed by atoms with Gasteiger partial charge in [-0.3, -0.25) is 0 Å². The van der Waals surface area contributed by atoms with Crippen LogP contribution < -0.4 is 16.4 Å². The summed E-state index contributed by atoms with van der Waals surface area (Å²) < 4.78 is 5.61. The van der Waals surface area contributed by atoms with Gasteiger partial charge in [0.15, 0.2) is 4.34 Å². The molecule has 0 unspecified atom stereocenters. The Morgan fingerprint density at radius 1 is 1.38 bits per heavy atom. The molecule has 3 rings (SSSR count). The van der Waals surface area contributed by atoms with Gasteiger partial charge in [-0.25, -0.2) is 9.59 Å². The number of nitrogens with one attached hydrogen (secondary N) is 2. The molecule has 2 aromatic rings. The van der Waals surface area contributed by atoms with Crippen LogP contribution in [0.2, 0.25) is 0 Å². The van der Waals surface area contributed by atoms with Gasteiger partial charge >= 0.3 is 12.0 Å². The first kappa shape index (κ1) is 18.2. The summed E-state index contributed by atoms with van der Waals surface area (Å²) in [5.74, 6) is -0.173. The van der Waals surface area contributed by atoms with Crippen LogP contribution in [0.15, 0.2) is 39.9 Å². The van der Waals surface area contributed by atoms with Gasteiger partial charge in [0.25, 0.3) is 0 Å². The predicted molar refractivity (Wildman–Crippen MR) is 99.7 cm³/mol. The van der Waals surface area contributed by atoms with E-state index in [-0.39, 0.29) is 6.03 Å². The molecular weight excluding hydrogens is 374 g/mol. The van der Waals surface area contributed by atoms with E-state index < -0.39 is 12.0 Å². The van der Waals surface area contributed by atoms with E-state index in [0.29, 0.717) is 26.5 Å². The Morgan fingerprint density at radius 2 is 2.15 bits per heavy atom. The minimum atomic E-state index is -0.590. The molecule has 26 heavy (non-hydrogen) atoms. The molecule has 1 atom stereocenters. The van der Waals surface area contributed by atoms with Crippen LogP contribution in [-0.4, -0.2) is 35.1 Å². The van der Waals surface area contributed by atoms with Crippen molar-refractivity contribution in [3.05, 3.63) is 46.7 Å². The number of anilines is 1. The lowest BCUT2D eigenvalue weighted by atomic mass is 9.92. The Bertz CT molecular complexity index is 880. The molecule has 10 heteroatoms. The zero-order chi connectivity index (χ0) is 18.7. The van der Waals surface area contributed by atoms with Crippen molar-refractivity contribution in [2.24, 2.45) is 0 Å². The van der Waals surface area contributed by atoms with Crippen LogP contribution in [0, 0.1) is 6.92 Å². The fourth-order valence-corrected chi connectivity index (χ4v) is 4.24. The summed E-state index contributed by atoms with van der Waals surface area (Å²) in [5, 5.41) is 13.6. The molecule has 1 aromatic carbocycles. The molecule has 0 saturated heterocycles. The van der Waals surface area contributed by atoms with E-state index >= 15 is 0 Å². The maximum atomic E-state index is 12.5. The van der Waals surface area contributed by atoms with Gasteiger partial charge in [0.2, 0.25) is 5.13 Å². The van der Waals surface area contributed by atoms with Crippen molar-refractivity contribution in [1.29, 1.82) is 0 Å². The molecule has 0 fully saturated rings. The molecule has 0 spiro atoms. The number of amides is 2. The van der Waals surface area contributed by atoms with E-state index in [1.165, 1.54) is 30.2 Å². The largest absolute Gasteiger partial charge is 0.466 e. The van der Waals surface area contributed by atoms with Crippen LogP contribution in [0.1, 0.15) is 17.2 Å². The van der Waals surface area contributed by atoms with Crippen molar-refractivity contribution in [3.63, 3.8) is 0 Å². The van der Waals surface area contributed by atoms with Gasteiger partial charge in [-0.15, -0.1) is 10.2 Å². The average molecular weight is 391 g/mol. The van der Waals surface area contributed by atoms with Gasteiger partial charge in [0, 0.05) is 11.4 Å². The summed E-state index contributed by atoms with van der Waals surface area (Å²) in [4.78, 5) is 24.6. The summed E-state index contributed by atoms with van der Waals surface area (Å²) in [6.07, 6.45) is 0. The molecule has 0 bridgehead atoms. The number of urea groups is 1. The Hall–Kier alpha value is -2.59. The normalized spacial score (nSPS) is 16.8. The number of nitrogens with two attached hydrogens (primary N) is 1. The summed E-state index contributed by atoms with van der Waals surface area (Å²) in [6, 6.07) is 6.61. The molecule has 0 saturated carbocycles. The van der Waals surface area contributed by atoms with E-state index in [0.717, 1.165) is 11.1 Å². The molecule has 1 aliphatic heterocycles. The fraction of sp³-hybridized carbons (Fsp3) is 0.250. The maximum absolute atomic E-state index is 12.5. The van der Waals surface area contributed by atoms with Crippen LogP contribution in [0.3, 0.4) is 0 Å². The minimum Gasteiger partial charge on any atom is -0.466 e. The van der Waals surface area contributed by atoms with E-state index in [9.17, 15) is 9.59 Å². The minimum absolute atomic E-state index is 0.328. The number of nitrogen functional groups attached to an aromatic ring is 1.